The Morgan fingerprint density at radius 1 is 1.12 bits per heavy atom. The average Bonchev–Trinajstić information content (AvgIpc) is 2.33. The summed E-state index contributed by atoms with van der Waals surface area (Å²) in [4.78, 5) is 20.1. The van der Waals surface area contributed by atoms with Crippen LogP contribution in [-0.4, -0.2) is 15.8 Å². The molecule has 1 aromatic carbocycles. The standard InChI is InChI=1S/C12H8Cl2N2O/c1-7-5-16-11(6-15-7)12(17)8-2-3-9(13)10(14)4-8/h2-6H,1H3. The van der Waals surface area contributed by atoms with Crippen molar-refractivity contribution in [2.45, 2.75) is 6.92 Å². The molecule has 0 saturated carbocycles. The molecule has 0 aliphatic rings. The van der Waals surface area contributed by atoms with Gasteiger partial charge in [-0.3, -0.25) is 9.78 Å². The van der Waals surface area contributed by atoms with Crippen molar-refractivity contribution in [3.63, 3.8) is 0 Å². The summed E-state index contributed by atoms with van der Waals surface area (Å²) in [6.45, 7) is 1.81. The summed E-state index contributed by atoms with van der Waals surface area (Å²) >= 11 is 11.6. The lowest BCUT2D eigenvalue weighted by atomic mass is 10.1. The Morgan fingerprint density at radius 3 is 2.47 bits per heavy atom. The zero-order valence-corrected chi connectivity index (χ0v) is 10.5. The number of rotatable bonds is 2. The molecule has 1 heterocycles. The van der Waals surface area contributed by atoms with Crippen LogP contribution in [0.3, 0.4) is 0 Å². The Morgan fingerprint density at radius 2 is 1.88 bits per heavy atom. The highest BCUT2D eigenvalue weighted by Gasteiger charge is 2.12. The number of aromatic nitrogens is 2. The van der Waals surface area contributed by atoms with Gasteiger partial charge in [0.15, 0.2) is 0 Å². The molecule has 0 unspecified atom stereocenters. The van der Waals surface area contributed by atoms with E-state index in [0.29, 0.717) is 15.6 Å². The Labute approximate surface area is 108 Å². The summed E-state index contributed by atoms with van der Waals surface area (Å²) < 4.78 is 0. The highest BCUT2D eigenvalue weighted by atomic mass is 35.5. The molecule has 0 aliphatic carbocycles. The predicted molar refractivity (Wildman–Crippen MR) is 66.7 cm³/mol. The molecular formula is C12H8Cl2N2O. The van der Waals surface area contributed by atoms with Crippen molar-refractivity contribution < 1.29 is 4.79 Å². The first-order valence-corrected chi connectivity index (χ1v) is 5.62. The van der Waals surface area contributed by atoms with Crippen molar-refractivity contribution in [1.82, 2.24) is 9.97 Å². The van der Waals surface area contributed by atoms with Gasteiger partial charge in [-0.25, -0.2) is 4.98 Å². The summed E-state index contributed by atoms with van der Waals surface area (Å²) in [5.41, 5.74) is 1.49. The van der Waals surface area contributed by atoms with Gasteiger partial charge in [-0.05, 0) is 25.1 Å². The third-order valence-electron chi connectivity index (χ3n) is 2.20. The largest absolute Gasteiger partial charge is 0.287 e. The van der Waals surface area contributed by atoms with E-state index in [-0.39, 0.29) is 11.5 Å². The lowest BCUT2D eigenvalue weighted by molar-refractivity contribution is 0.103. The molecule has 0 saturated heterocycles. The number of aryl methyl sites for hydroxylation is 1. The Bertz CT molecular complexity index is 567. The quantitative estimate of drug-likeness (QED) is 0.784. The molecule has 0 amide bonds. The molecule has 5 heteroatoms. The van der Waals surface area contributed by atoms with E-state index >= 15 is 0 Å². The maximum atomic E-state index is 12.0. The zero-order chi connectivity index (χ0) is 12.4. The highest BCUT2D eigenvalue weighted by molar-refractivity contribution is 6.42. The van der Waals surface area contributed by atoms with Crippen LogP contribution in [0.5, 0.6) is 0 Å². The summed E-state index contributed by atoms with van der Waals surface area (Å²) in [6, 6.07) is 4.71. The molecule has 17 heavy (non-hydrogen) atoms. The molecule has 0 N–H and O–H groups in total. The van der Waals surface area contributed by atoms with E-state index in [2.05, 4.69) is 9.97 Å². The van der Waals surface area contributed by atoms with Crippen LogP contribution in [0.2, 0.25) is 10.0 Å². The lowest BCUT2D eigenvalue weighted by Crippen LogP contribution is -2.05. The van der Waals surface area contributed by atoms with Crippen molar-refractivity contribution in [3.05, 3.63) is 57.6 Å². The molecule has 0 aliphatic heterocycles. The number of nitrogens with zero attached hydrogens (tertiary/aromatic N) is 2. The SMILES string of the molecule is Cc1cnc(C(=O)c2ccc(Cl)c(Cl)c2)cn1. The minimum atomic E-state index is -0.226. The van der Waals surface area contributed by atoms with Crippen LogP contribution in [0.15, 0.2) is 30.6 Å². The second kappa shape index (κ2) is 4.82. The lowest BCUT2D eigenvalue weighted by Gasteiger charge is -2.02. The molecule has 1 aromatic heterocycles. The molecule has 2 aromatic rings. The fourth-order valence-electron chi connectivity index (χ4n) is 1.30. The van der Waals surface area contributed by atoms with Crippen molar-refractivity contribution in [3.8, 4) is 0 Å². The van der Waals surface area contributed by atoms with Gasteiger partial charge >= 0.3 is 0 Å². The van der Waals surface area contributed by atoms with Crippen LogP contribution in [0.4, 0.5) is 0 Å². The van der Waals surface area contributed by atoms with Crippen LogP contribution in [0.1, 0.15) is 21.7 Å². The van der Waals surface area contributed by atoms with E-state index in [9.17, 15) is 4.79 Å². The highest BCUT2D eigenvalue weighted by Crippen LogP contribution is 2.23. The summed E-state index contributed by atoms with van der Waals surface area (Å²) in [5.74, 6) is -0.226. The number of hydrogen-bond donors (Lipinski definition) is 0. The van der Waals surface area contributed by atoms with Gasteiger partial charge in [-0.15, -0.1) is 0 Å². The van der Waals surface area contributed by atoms with Crippen LogP contribution < -0.4 is 0 Å². The van der Waals surface area contributed by atoms with E-state index in [4.69, 9.17) is 23.2 Å². The first kappa shape index (κ1) is 12.0. The Balaban J connectivity index is 2.37. The molecule has 0 bridgehead atoms. The van der Waals surface area contributed by atoms with Gasteiger partial charge in [-0.1, -0.05) is 23.2 Å². The molecule has 0 spiro atoms. The van der Waals surface area contributed by atoms with Crippen molar-refractivity contribution in [1.29, 1.82) is 0 Å². The van der Waals surface area contributed by atoms with E-state index in [1.165, 1.54) is 12.3 Å². The van der Waals surface area contributed by atoms with Gasteiger partial charge < -0.3 is 0 Å². The fraction of sp³-hybridized carbons (Fsp3) is 0.0833. The number of benzene rings is 1. The average molecular weight is 267 g/mol. The van der Waals surface area contributed by atoms with Gasteiger partial charge in [0, 0.05) is 11.8 Å². The third-order valence-corrected chi connectivity index (χ3v) is 2.93. The van der Waals surface area contributed by atoms with Gasteiger partial charge in [0.1, 0.15) is 5.69 Å². The second-order valence-electron chi connectivity index (χ2n) is 3.50. The summed E-state index contributed by atoms with van der Waals surface area (Å²) in [5, 5.41) is 0.760. The van der Waals surface area contributed by atoms with Crippen LogP contribution >= 0.6 is 23.2 Å². The van der Waals surface area contributed by atoms with Crippen LogP contribution in [0, 0.1) is 6.92 Å². The first-order valence-electron chi connectivity index (χ1n) is 4.86. The third kappa shape index (κ3) is 2.62. The summed E-state index contributed by atoms with van der Waals surface area (Å²) in [6.07, 6.45) is 2.99. The molecule has 3 nitrogen and oxygen atoms in total. The number of halogens is 2. The van der Waals surface area contributed by atoms with Crippen molar-refractivity contribution in [2.24, 2.45) is 0 Å². The van der Waals surface area contributed by atoms with Crippen LogP contribution in [0.25, 0.3) is 0 Å². The minimum absolute atomic E-state index is 0.226. The van der Waals surface area contributed by atoms with E-state index in [1.807, 2.05) is 0 Å². The molecule has 86 valence electrons. The molecule has 2 rings (SSSR count). The van der Waals surface area contributed by atoms with Gasteiger partial charge in [0.25, 0.3) is 0 Å². The van der Waals surface area contributed by atoms with Gasteiger partial charge in [0.05, 0.1) is 21.9 Å². The molecule has 0 fully saturated rings. The molecule has 0 radical (unpaired) electrons. The number of carbonyl (C=O) groups excluding carboxylic acids is 1. The predicted octanol–water partition coefficient (Wildman–Crippen LogP) is 3.32. The molecular weight excluding hydrogens is 259 g/mol. The van der Waals surface area contributed by atoms with Crippen LogP contribution in [-0.2, 0) is 0 Å². The van der Waals surface area contributed by atoms with Gasteiger partial charge in [0.2, 0.25) is 5.78 Å². The first-order chi connectivity index (χ1) is 8.08. The smallest absolute Gasteiger partial charge is 0.212 e. The second-order valence-corrected chi connectivity index (χ2v) is 4.32. The molecule has 0 atom stereocenters. The number of carbonyl (C=O) groups is 1. The van der Waals surface area contributed by atoms with Gasteiger partial charge in [-0.2, -0.15) is 0 Å². The Kier molecular flexibility index (Phi) is 3.41. The van der Waals surface area contributed by atoms with E-state index < -0.39 is 0 Å². The number of hydrogen-bond acceptors (Lipinski definition) is 3. The maximum absolute atomic E-state index is 12.0. The normalized spacial score (nSPS) is 10.3. The minimum Gasteiger partial charge on any atom is -0.287 e. The van der Waals surface area contributed by atoms with E-state index in [1.54, 1.807) is 25.3 Å². The zero-order valence-electron chi connectivity index (χ0n) is 8.95. The topological polar surface area (TPSA) is 42.9 Å². The van der Waals surface area contributed by atoms with Crippen molar-refractivity contribution in [2.75, 3.05) is 0 Å². The maximum Gasteiger partial charge on any atom is 0.212 e. The number of ketones is 1. The van der Waals surface area contributed by atoms with Crippen molar-refractivity contribution >= 4 is 29.0 Å². The summed E-state index contributed by atoms with van der Waals surface area (Å²) in [7, 11) is 0. The fourth-order valence-corrected chi connectivity index (χ4v) is 1.59. The monoisotopic (exact) mass is 266 g/mol. The van der Waals surface area contributed by atoms with E-state index in [0.717, 1.165) is 5.69 Å². The Hall–Kier alpha value is -1.45.